The number of nitrogens with two attached hydrogens (primary N) is 1. The fraction of sp³-hybridized carbons (Fsp3) is 0.600. The van der Waals surface area contributed by atoms with Crippen molar-refractivity contribution < 1.29 is 8.78 Å². The van der Waals surface area contributed by atoms with Gasteiger partial charge in [0, 0.05) is 6.04 Å². The van der Waals surface area contributed by atoms with Gasteiger partial charge in [0.2, 0.25) is 0 Å². The van der Waals surface area contributed by atoms with E-state index in [4.69, 9.17) is 17.3 Å². The standard InChI is InChI=1S/C15H22ClF2N/c1-9(19)6-5-7-10-8-11(15(2,3)4)14(18)12(16)13(10)17/h8-9H,5-7,19H2,1-4H3/t9-/m0/s1. The predicted octanol–water partition coefficient (Wildman–Crippen LogP) is 4.59. The second-order valence-corrected chi connectivity index (χ2v) is 6.52. The van der Waals surface area contributed by atoms with E-state index in [1.807, 2.05) is 27.7 Å². The maximum Gasteiger partial charge on any atom is 0.148 e. The third-order valence-corrected chi connectivity index (χ3v) is 3.47. The maximum absolute atomic E-state index is 14.0. The monoisotopic (exact) mass is 289 g/mol. The van der Waals surface area contributed by atoms with Crippen molar-refractivity contribution in [2.24, 2.45) is 5.73 Å². The Morgan fingerprint density at radius 3 is 2.32 bits per heavy atom. The Morgan fingerprint density at radius 2 is 1.84 bits per heavy atom. The zero-order chi connectivity index (χ0) is 14.8. The summed E-state index contributed by atoms with van der Waals surface area (Å²) < 4.78 is 27.9. The zero-order valence-corrected chi connectivity index (χ0v) is 12.7. The van der Waals surface area contributed by atoms with Crippen LogP contribution in [-0.2, 0) is 11.8 Å². The van der Waals surface area contributed by atoms with E-state index in [0.29, 0.717) is 17.5 Å². The van der Waals surface area contributed by atoms with Crippen molar-refractivity contribution >= 4 is 11.6 Å². The van der Waals surface area contributed by atoms with E-state index >= 15 is 0 Å². The molecule has 0 fully saturated rings. The molecular formula is C15H22ClF2N. The summed E-state index contributed by atoms with van der Waals surface area (Å²) in [6.45, 7) is 7.55. The predicted molar refractivity (Wildman–Crippen MR) is 76.7 cm³/mol. The molecule has 2 N–H and O–H groups in total. The quantitative estimate of drug-likeness (QED) is 0.806. The van der Waals surface area contributed by atoms with E-state index in [9.17, 15) is 8.78 Å². The van der Waals surface area contributed by atoms with Gasteiger partial charge in [-0.15, -0.1) is 0 Å². The van der Waals surface area contributed by atoms with Crippen molar-refractivity contribution in [2.45, 2.75) is 58.4 Å². The summed E-state index contributed by atoms with van der Waals surface area (Å²) in [5.74, 6) is -1.29. The molecular weight excluding hydrogens is 268 g/mol. The molecule has 1 aromatic rings. The Hall–Kier alpha value is -0.670. The minimum Gasteiger partial charge on any atom is -0.328 e. The summed E-state index contributed by atoms with van der Waals surface area (Å²) in [6.07, 6.45) is 2.09. The molecule has 0 saturated carbocycles. The average molecular weight is 290 g/mol. The molecule has 0 saturated heterocycles. The van der Waals surface area contributed by atoms with E-state index in [2.05, 4.69) is 0 Å². The topological polar surface area (TPSA) is 26.0 Å². The summed E-state index contributed by atoms with van der Waals surface area (Å²) in [5.41, 5.74) is 6.19. The molecule has 0 bridgehead atoms. The third-order valence-electron chi connectivity index (χ3n) is 3.14. The molecule has 4 heteroatoms. The van der Waals surface area contributed by atoms with Crippen molar-refractivity contribution in [1.82, 2.24) is 0 Å². The van der Waals surface area contributed by atoms with Crippen LogP contribution in [0, 0.1) is 11.6 Å². The largest absolute Gasteiger partial charge is 0.328 e. The Labute approximate surface area is 119 Å². The van der Waals surface area contributed by atoms with Crippen LogP contribution in [0.5, 0.6) is 0 Å². The van der Waals surface area contributed by atoms with Crippen LogP contribution in [-0.4, -0.2) is 6.04 Å². The number of hydrogen-bond donors (Lipinski definition) is 1. The van der Waals surface area contributed by atoms with Crippen LogP contribution in [0.4, 0.5) is 8.78 Å². The van der Waals surface area contributed by atoms with Crippen LogP contribution in [0.25, 0.3) is 0 Å². The van der Waals surface area contributed by atoms with Gasteiger partial charge < -0.3 is 5.73 Å². The normalized spacial score (nSPS) is 13.7. The third kappa shape index (κ3) is 4.15. The van der Waals surface area contributed by atoms with Crippen LogP contribution in [0.1, 0.15) is 51.7 Å². The Kier molecular flexibility index (Phi) is 5.34. The molecule has 1 nitrogen and oxygen atoms in total. The second-order valence-electron chi connectivity index (χ2n) is 6.14. The first-order chi connectivity index (χ1) is 8.64. The Morgan fingerprint density at radius 1 is 1.26 bits per heavy atom. The van der Waals surface area contributed by atoms with E-state index in [-0.39, 0.29) is 6.04 Å². The molecule has 0 aliphatic heterocycles. The smallest absolute Gasteiger partial charge is 0.148 e. The summed E-state index contributed by atoms with van der Waals surface area (Å²) in [5, 5.41) is -0.400. The van der Waals surface area contributed by atoms with Crippen LogP contribution < -0.4 is 5.73 Å². The van der Waals surface area contributed by atoms with Gasteiger partial charge in [0.05, 0.1) is 0 Å². The van der Waals surface area contributed by atoms with Gasteiger partial charge >= 0.3 is 0 Å². The molecule has 1 aromatic carbocycles. The minimum absolute atomic E-state index is 0.0843. The highest BCUT2D eigenvalue weighted by molar-refractivity contribution is 6.31. The molecule has 0 aliphatic carbocycles. The molecule has 0 unspecified atom stereocenters. The van der Waals surface area contributed by atoms with Gasteiger partial charge in [-0.3, -0.25) is 0 Å². The van der Waals surface area contributed by atoms with Gasteiger partial charge in [0.15, 0.2) is 0 Å². The van der Waals surface area contributed by atoms with Gasteiger partial charge in [0.25, 0.3) is 0 Å². The highest BCUT2D eigenvalue weighted by Gasteiger charge is 2.24. The zero-order valence-electron chi connectivity index (χ0n) is 12.0. The van der Waals surface area contributed by atoms with Crippen molar-refractivity contribution in [1.29, 1.82) is 0 Å². The van der Waals surface area contributed by atoms with Gasteiger partial charge in [-0.25, -0.2) is 8.78 Å². The number of rotatable bonds is 4. The van der Waals surface area contributed by atoms with Gasteiger partial charge in [-0.05, 0) is 48.8 Å². The SMILES string of the molecule is C[C@H](N)CCCc1cc(C(C)(C)C)c(F)c(Cl)c1F. The highest BCUT2D eigenvalue weighted by atomic mass is 35.5. The van der Waals surface area contributed by atoms with Crippen LogP contribution >= 0.6 is 11.6 Å². The Balaban J connectivity index is 3.08. The van der Waals surface area contributed by atoms with Crippen molar-refractivity contribution in [3.63, 3.8) is 0 Å². The Bertz CT molecular complexity index is 450. The molecule has 1 atom stereocenters. The average Bonchev–Trinajstić information content (AvgIpc) is 2.27. The fourth-order valence-corrected chi connectivity index (χ4v) is 2.22. The maximum atomic E-state index is 14.0. The first kappa shape index (κ1) is 16.4. The molecule has 0 aromatic heterocycles. The first-order valence-corrected chi connectivity index (χ1v) is 6.94. The molecule has 0 heterocycles. The van der Waals surface area contributed by atoms with Gasteiger partial charge in [0.1, 0.15) is 16.7 Å². The number of halogens is 3. The van der Waals surface area contributed by atoms with Crippen LogP contribution in [0.2, 0.25) is 5.02 Å². The lowest BCUT2D eigenvalue weighted by Crippen LogP contribution is -2.16. The molecule has 0 amide bonds. The van der Waals surface area contributed by atoms with Gasteiger partial charge in [-0.2, -0.15) is 0 Å². The molecule has 108 valence electrons. The van der Waals surface area contributed by atoms with Gasteiger partial charge in [-0.1, -0.05) is 32.4 Å². The lowest BCUT2D eigenvalue weighted by atomic mass is 9.85. The summed E-state index contributed by atoms with van der Waals surface area (Å²) >= 11 is 5.76. The number of benzene rings is 1. The number of hydrogen-bond acceptors (Lipinski definition) is 1. The molecule has 0 aliphatic rings. The second kappa shape index (κ2) is 6.19. The summed E-state index contributed by atoms with van der Waals surface area (Å²) in [7, 11) is 0. The lowest BCUT2D eigenvalue weighted by molar-refractivity contribution is 0.505. The molecule has 19 heavy (non-hydrogen) atoms. The van der Waals surface area contributed by atoms with E-state index < -0.39 is 22.1 Å². The van der Waals surface area contributed by atoms with Crippen LogP contribution in [0.3, 0.4) is 0 Å². The first-order valence-electron chi connectivity index (χ1n) is 6.57. The lowest BCUT2D eigenvalue weighted by Gasteiger charge is -2.22. The van der Waals surface area contributed by atoms with Crippen molar-refractivity contribution in [3.8, 4) is 0 Å². The highest BCUT2D eigenvalue weighted by Crippen LogP contribution is 2.33. The van der Waals surface area contributed by atoms with Crippen molar-refractivity contribution in [3.05, 3.63) is 33.9 Å². The summed E-state index contributed by atoms with van der Waals surface area (Å²) in [6, 6.07) is 1.68. The van der Waals surface area contributed by atoms with E-state index in [0.717, 1.165) is 12.8 Å². The number of aryl methyl sites for hydroxylation is 1. The molecule has 0 radical (unpaired) electrons. The van der Waals surface area contributed by atoms with Crippen LogP contribution in [0.15, 0.2) is 6.07 Å². The van der Waals surface area contributed by atoms with E-state index in [1.165, 1.54) is 0 Å². The molecule has 0 spiro atoms. The minimum atomic E-state index is -0.650. The molecule has 1 rings (SSSR count). The van der Waals surface area contributed by atoms with E-state index in [1.54, 1.807) is 6.07 Å². The fourth-order valence-electron chi connectivity index (χ4n) is 2.00. The summed E-state index contributed by atoms with van der Waals surface area (Å²) in [4.78, 5) is 0. The van der Waals surface area contributed by atoms with Crippen molar-refractivity contribution in [2.75, 3.05) is 0 Å².